The van der Waals surface area contributed by atoms with Crippen molar-refractivity contribution in [3.05, 3.63) is 0 Å². The Morgan fingerprint density at radius 3 is 2.56 bits per heavy atom. The third-order valence-corrected chi connectivity index (χ3v) is 2.92. The first-order valence-electron chi connectivity index (χ1n) is 5.73. The van der Waals surface area contributed by atoms with Gasteiger partial charge < -0.3 is 9.80 Å². The lowest BCUT2D eigenvalue weighted by atomic mass is 9.93. The molecule has 1 heterocycles. The van der Waals surface area contributed by atoms with Crippen molar-refractivity contribution in [3.63, 3.8) is 0 Å². The van der Waals surface area contributed by atoms with Crippen molar-refractivity contribution < 1.29 is 4.79 Å². The minimum Gasteiger partial charge on any atom is -0.336 e. The van der Waals surface area contributed by atoms with Crippen LogP contribution in [-0.4, -0.2) is 48.4 Å². The predicted molar refractivity (Wildman–Crippen MR) is 62.7 cm³/mol. The van der Waals surface area contributed by atoms with Gasteiger partial charge in [-0.3, -0.25) is 4.79 Å². The van der Waals surface area contributed by atoms with E-state index >= 15 is 0 Å². The third-order valence-electron chi connectivity index (χ3n) is 2.92. The van der Waals surface area contributed by atoms with E-state index in [2.05, 4.69) is 11.0 Å². The normalized spacial score (nSPS) is 22.9. The van der Waals surface area contributed by atoms with Gasteiger partial charge in [-0.25, -0.2) is 0 Å². The second kappa shape index (κ2) is 4.84. The molecule has 0 radical (unpaired) electrons. The molecule has 1 amide bonds. The molecule has 0 unspecified atom stereocenters. The highest BCUT2D eigenvalue weighted by Gasteiger charge is 2.34. The Labute approximate surface area is 97.8 Å². The van der Waals surface area contributed by atoms with E-state index in [1.165, 1.54) is 0 Å². The van der Waals surface area contributed by atoms with E-state index in [1.54, 1.807) is 0 Å². The molecule has 0 spiro atoms. The maximum absolute atomic E-state index is 12.2. The molecule has 1 saturated heterocycles. The zero-order valence-electron chi connectivity index (χ0n) is 10.7. The van der Waals surface area contributed by atoms with Crippen LogP contribution in [0.1, 0.15) is 27.2 Å². The van der Waals surface area contributed by atoms with Crippen LogP contribution < -0.4 is 0 Å². The van der Waals surface area contributed by atoms with Gasteiger partial charge in [-0.2, -0.15) is 5.26 Å². The topological polar surface area (TPSA) is 47.3 Å². The molecule has 1 fully saturated rings. The van der Waals surface area contributed by atoms with Crippen LogP contribution in [0.15, 0.2) is 0 Å². The van der Waals surface area contributed by atoms with Crippen molar-refractivity contribution in [1.82, 2.24) is 9.80 Å². The summed E-state index contributed by atoms with van der Waals surface area (Å²) < 4.78 is 0. The average Bonchev–Trinajstić information content (AvgIpc) is 2.16. The summed E-state index contributed by atoms with van der Waals surface area (Å²) in [4.78, 5) is 16.3. The molecular formula is C12H21N3O. The quantitative estimate of drug-likeness (QED) is 0.668. The Bertz CT molecular complexity index is 300. The Hall–Kier alpha value is -1.08. The Morgan fingerprint density at radius 2 is 2.06 bits per heavy atom. The molecule has 16 heavy (non-hydrogen) atoms. The first kappa shape index (κ1) is 13.0. The molecule has 0 N–H and O–H groups in total. The molecule has 0 aromatic rings. The SMILES string of the molecule is CN1CCN(C(=O)C(C)(C)C)[C@@H](CC#N)C1. The van der Waals surface area contributed by atoms with Gasteiger partial charge in [-0.15, -0.1) is 0 Å². The number of likely N-dealkylation sites (N-methyl/N-ethyl adjacent to an activating group) is 1. The Balaban J connectivity index is 2.77. The molecule has 0 aliphatic carbocycles. The van der Waals surface area contributed by atoms with E-state index in [0.717, 1.165) is 19.6 Å². The van der Waals surface area contributed by atoms with Crippen LogP contribution >= 0.6 is 0 Å². The minimum atomic E-state index is -0.358. The van der Waals surface area contributed by atoms with E-state index in [4.69, 9.17) is 5.26 Å². The van der Waals surface area contributed by atoms with Gasteiger partial charge in [0.05, 0.1) is 18.5 Å². The van der Waals surface area contributed by atoms with Gasteiger partial charge in [-0.1, -0.05) is 20.8 Å². The van der Waals surface area contributed by atoms with Gasteiger partial charge in [-0.05, 0) is 7.05 Å². The van der Waals surface area contributed by atoms with Crippen LogP contribution in [0.2, 0.25) is 0 Å². The van der Waals surface area contributed by atoms with Crippen LogP contribution in [-0.2, 0) is 4.79 Å². The maximum atomic E-state index is 12.2. The number of piperazine rings is 1. The number of carbonyl (C=O) groups excluding carboxylic acids is 1. The number of rotatable bonds is 1. The summed E-state index contributed by atoms with van der Waals surface area (Å²) in [5.74, 6) is 0.154. The van der Waals surface area contributed by atoms with E-state index in [0.29, 0.717) is 6.42 Å². The van der Waals surface area contributed by atoms with Gasteiger partial charge in [0.15, 0.2) is 0 Å². The van der Waals surface area contributed by atoms with Crippen LogP contribution in [0.5, 0.6) is 0 Å². The fraction of sp³-hybridized carbons (Fsp3) is 0.833. The summed E-state index contributed by atoms with van der Waals surface area (Å²) in [5.41, 5.74) is -0.358. The summed E-state index contributed by atoms with van der Waals surface area (Å²) in [7, 11) is 2.03. The lowest BCUT2D eigenvalue weighted by Gasteiger charge is -2.41. The summed E-state index contributed by atoms with van der Waals surface area (Å²) in [6.07, 6.45) is 0.423. The van der Waals surface area contributed by atoms with Crippen molar-refractivity contribution in [2.24, 2.45) is 5.41 Å². The average molecular weight is 223 g/mol. The molecule has 0 aromatic carbocycles. The first-order chi connectivity index (χ1) is 7.36. The van der Waals surface area contributed by atoms with Crippen molar-refractivity contribution in [2.45, 2.75) is 33.2 Å². The van der Waals surface area contributed by atoms with E-state index in [-0.39, 0.29) is 17.4 Å². The van der Waals surface area contributed by atoms with Gasteiger partial charge in [0.25, 0.3) is 0 Å². The largest absolute Gasteiger partial charge is 0.336 e. The number of nitrogens with zero attached hydrogens (tertiary/aromatic N) is 3. The molecule has 0 aromatic heterocycles. The Morgan fingerprint density at radius 1 is 1.44 bits per heavy atom. The molecule has 4 nitrogen and oxygen atoms in total. The molecule has 1 aliphatic heterocycles. The lowest BCUT2D eigenvalue weighted by molar-refractivity contribution is -0.144. The highest BCUT2D eigenvalue weighted by Crippen LogP contribution is 2.22. The fourth-order valence-corrected chi connectivity index (χ4v) is 1.99. The predicted octanol–water partition coefficient (Wildman–Crippen LogP) is 1.09. The van der Waals surface area contributed by atoms with Crippen LogP contribution in [0.4, 0.5) is 0 Å². The van der Waals surface area contributed by atoms with Crippen molar-refractivity contribution in [3.8, 4) is 6.07 Å². The fourth-order valence-electron chi connectivity index (χ4n) is 1.99. The zero-order chi connectivity index (χ0) is 12.3. The third kappa shape index (κ3) is 2.96. The molecule has 0 bridgehead atoms. The van der Waals surface area contributed by atoms with E-state index < -0.39 is 0 Å². The molecule has 1 atom stereocenters. The highest BCUT2D eigenvalue weighted by molar-refractivity contribution is 5.82. The standard InChI is InChI=1S/C12H21N3O/c1-12(2,3)11(16)15-8-7-14(4)9-10(15)5-6-13/h10H,5,7-9H2,1-4H3/t10-/m0/s1. The molecule has 1 aliphatic rings. The number of hydrogen-bond acceptors (Lipinski definition) is 3. The van der Waals surface area contributed by atoms with Gasteiger partial charge in [0.2, 0.25) is 5.91 Å². The maximum Gasteiger partial charge on any atom is 0.228 e. The van der Waals surface area contributed by atoms with Gasteiger partial charge in [0.1, 0.15) is 0 Å². The lowest BCUT2D eigenvalue weighted by Crippen LogP contribution is -2.56. The number of amides is 1. The van der Waals surface area contributed by atoms with Crippen molar-refractivity contribution >= 4 is 5.91 Å². The van der Waals surface area contributed by atoms with Crippen LogP contribution in [0, 0.1) is 16.7 Å². The summed E-state index contributed by atoms with van der Waals surface area (Å²) in [5, 5.41) is 8.80. The molecule has 4 heteroatoms. The second-order valence-electron chi connectivity index (χ2n) is 5.53. The summed E-state index contributed by atoms with van der Waals surface area (Å²) in [6.45, 7) is 8.21. The smallest absolute Gasteiger partial charge is 0.228 e. The Kier molecular flexibility index (Phi) is 3.93. The van der Waals surface area contributed by atoms with Crippen molar-refractivity contribution in [2.75, 3.05) is 26.7 Å². The first-order valence-corrected chi connectivity index (χ1v) is 5.73. The minimum absolute atomic E-state index is 0.0514. The molecule has 90 valence electrons. The van der Waals surface area contributed by atoms with Crippen molar-refractivity contribution in [1.29, 1.82) is 5.26 Å². The molecule has 1 rings (SSSR count). The van der Waals surface area contributed by atoms with Crippen LogP contribution in [0.3, 0.4) is 0 Å². The highest BCUT2D eigenvalue weighted by atomic mass is 16.2. The number of hydrogen-bond donors (Lipinski definition) is 0. The van der Waals surface area contributed by atoms with Gasteiger partial charge in [0, 0.05) is 25.0 Å². The molecule has 0 saturated carbocycles. The van der Waals surface area contributed by atoms with E-state index in [1.807, 2.05) is 32.7 Å². The monoisotopic (exact) mass is 223 g/mol. The van der Waals surface area contributed by atoms with E-state index in [9.17, 15) is 4.79 Å². The summed E-state index contributed by atoms with van der Waals surface area (Å²) >= 11 is 0. The second-order valence-corrected chi connectivity index (χ2v) is 5.53. The van der Waals surface area contributed by atoms with Crippen LogP contribution in [0.25, 0.3) is 0 Å². The van der Waals surface area contributed by atoms with Gasteiger partial charge >= 0.3 is 0 Å². The molecular weight excluding hydrogens is 202 g/mol. The summed E-state index contributed by atoms with van der Waals surface area (Å²) in [6, 6.07) is 2.23. The number of carbonyl (C=O) groups is 1. The number of nitriles is 1. The zero-order valence-corrected chi connectivity index (χ0v) is 10.7.